The van der Waals surface area contributed by atoms with E-state index in [1.54, 1.807) is 0 Å². The maximum absolute atomic E-state index is 12.4. The fourth-order valence-corrected chi connectivity index (χ4v) is 2.83. The van der Waals surface area contributed by atoms with Gasteiger partial charge in [0.05, 0.1) is 13.2 Å². The molecule has 0 saturated carbocycles. The average molecular weight is 296 g/mol. The number of morpholine rings is 1. The standard InChI is InChI=1S/C15H18ClNO3/c16-12-5-3-11(4-6-12)14-10-17(7-9-20-14)15(18)13-2-1-8-19-13/h3-6,13-14H,1-2,7-10H2. The van der Waals surface area contributed by atoms with Crippen molar-refractivity contribution in [2.75, 3.05) is 26.3 Å². The predicted molar refractivity (Wildman–Crippen MR) is 75.7 cm³/mol. The van der Waals surface area contributed by atoms with E-state index in [-0.39, 0.29) is 18.1 Å². The molecular weight excluding hydrogens is 278 g/mol. The summed E-state index contributed by atoms with van der Waals surface area (Å²) in [5.41, 5.74) is 1.05. The first kappa shape index (κ1) is 13.9. The van der Waals surface area contributed by atoms with E-state index in [0.29, 0.717) is 31.3 Å². The Bertz CT molecular complexity index is 471. The van der Waals surface area contributed by atoms with Crippen molar-refractivity contribution in [2.45, 2.75) is 25.0 Å². The lowest BCUT2D eigenvalue weighted by molar-refractivity contribution is -0.148. The van der Waals surface area contributed by atoms with Gasteiger partial charge in [0.1, 0.15) is 12.2 Å². The minimum atomic E-state index is -0.251. The Morgan fingerprint density at radius 2 is 2.00 bits per heavy atom. The van der Waals surface area contributed by atoms with Crippen molar-refractivity contribution in [1.29, 1.82) is 0 Å². The summed E-state index contributed by atoms with van der Waals surface area (Å²) in [6.45, 7) is 2.48. The first-order chi connectivity index (χ1) is 9.74. The zero-order valence-electron chi connectivity index (χ0n) is 11.3. The van der Waals surface area contributed by atoms with E-state index in [1.807, 2.05) is 29.2 Å². The molecule has 108 valence electrons. The summed E-state index contributed by atoms with van der Waals surface area (Å²) in [5.74, 6) is 0.102. The van der Waals surface area contributed by atoms with Crippen LogP contribution in [0.1, 0.15) is 24.5 Å². The lowest BCUT2D eigenvalue weighted by Crippen LogP contribution is -2.46. The zero-order chi connectivity index (χ0) is 13.9. The van der Waals surface area contributed by atoms with Gasteiger partial charge >= 0.3 is 0 Å². The second-order valence-electron chi connectivity index (χ2n) is 5.20. The lowest BCUT2D eigenvalue weighted by atomic mass is 10.1. The van der Waals surface area contributed by atoms with Gasteiger partial charge in [0.2, 0.25) is 0 Å². The van der Waals surface area contributed by atoms with Crippen molar-refractivity contribution in [3.05, 3.63) is 34.9 Å². The van der Waals surface area contributed by atoms with Crippen LogP contribution >= 0.6 is 11.6 Å². The molecule has 5 heteroatoms. The number of carbonyl (C=O) groups excluding carboxylic acids is 1. The Morgan fingerprint density at radius 3 is 2.70 bits per heavy atom. The molecule has 0 N–H and O–H groups in total. The highest BCUT2D eigenvalue weighted by atomic mass is 35.5. The molecule has 20 heavy (non-hydrogen) atoms. The van der Waals surface area contributed by atoms with Gasteiger partial charge in [-0.25, -0.2) is 0 Å². The highest BCUT2D eigenvalue weighted by Gasteiger charge is 2.32. The Kier molecular flexibility index (Phi) is 4.24. The number of carbonyl (C=O) groups is 1. The number of hydrogen-bond donors (Lipinski definition) is 0. The fraction of sp³-hybridized carbons (Fsp3) is 0.533. The van der Waals surface area contributed by atoms with E-state index in [2.05, 4.69) is 0 Å². The van der Waals surface area contributed by atoms with Gasteiger partial charge in [0, 0.05) is 18.2 Å². The summed E-state index contributed by atoms with van der Waals surface area (Å²) >= 11 is 5.89. The zero-order valence-corrected chi connectivity index (χ0v) is 12.0. The van der Waals surface area contributed by atoms with Crippen molar-refractivity contribution in [3.8, 4) is 0 Å². The molecule has 1 aromatic rings. The largest absolute Gasteiger partial charge is 0.370 e. The van der Waals surface area contributed by atoms with Crippen LogP contribution < -0.4 is 0 Å². The SMILES string of the molecule is O=C(C1CCCO1)N1CCOC(c2ccc(Cl)cc2)C1. The van der Waals surface area contributed by atoms with Crippen LogP contribution in [0.15, 0.2) is 24.3 Å². The molecule has 2 atom stereocenters. The number of rotatable bonds is 2. The van der Waals surface area contributed by atoms with Crippen molar-refractivity contribution in [3.63, 3.8) is 0 Å². The van der Waals surface area contributed by atoms with E-state index < -0.39 is 0 Å². The number of ether oxygens (including phenoxy) is 2. The molecule has 0 aliphatic carbocycles. The van der Waals surface area contributed by atoms with Gasteiger partial charge in [-0.15, -0.1) is 0 Å². The molecule has 2 heterocycles. The molecule has 1 aromatic carbocycles. The third kappa shape index (κ3) is 2.97. The highest BCUT2D eigenvalue weighted by Crippen LogP contribution is 2.25. The summed E-state index contributed by atoms with van der Waals surface area (Å²) in [5, 5.41) is 0.705. The van der Waals surface area contributed by atoms with Crippen LogP contribution in [0, 0.1) is 0 Å². The van der Waals surface area contributed by atoms with E-state index >= 15 is 0 Å². The van der Waals surface area contributed by atoms with E-state index in [9.17, 15) is 4.79 Å². The summed E-state index contributed by atoms with van der Waals surface area (Å²) in [7, 11) is 0. The molecule has 0 bridgehead atoms. The second-order valence-corrected chi connectivity index (χ2v) is 5.63. The Balaban J connectivity index is 1.66. The molecule has 2 saturated heterocycles. The third-order valence-corrected chi connectivity index (χ3v) is 4.08. The van der Waals surface area contributed by atoms with Crippen LogP contribution in [-0.4, -0.2) is 43.2 Å². The molecular formula is C15H18ClNO3. The molecule has 2 aliphatic heterocycles. The molecule has 0 spiro atoms. The summed E-state index contributed by atoms with van der Waals surface area (Å²) in [6.07, 6.45) is 1.48. The van der Waals surface area contributed by atoms with E-state index in [1.165, 1.54) is 0 Å². The van der Waals surface area contributed by atoms with Crippen LogP contribution in [0.5, 0.6) is 0 Å². The third-order valence-electron chi connectivity index (χ3n) is 3.83. The molecule has 1 amide bonds. The minimum Gasteiger partial charge on any atom is -0.370 e. The van der Waals surface area contributed by atoms with Crippen molar-refractivity contribution in [1.82, 2.24) is 4.90 Å². The molecule has 4 nitrogen and oxygen atoms in total. The summed E-state index contributed by atoms with van der Waals surface area (Å²) in [6, 6.07) is 7.60. The Morgan fingerprint density at radius 1 is 1.20 bits per heavy atom. The van der Waals surface area contributed by atoms with Gasteiger partial charge < -0.3 is 14.4 Å². The lowest BCUT2D eigenvalue weighted by Gasteiger charge is -2.34. The molecule has 3 rings (SSSR count). The minimum absolute atomic E-state index is 0.0774. The normalized spacial score (nSPS) is 26.8. The van der Waals surface area contributed by atoms with Crippen LogP contribution in [0.3, 0.4) is 0 Å². The van der Waals surface area contributed by atoms with E-state index in [0.717, 1.165) is 18.4 Å². The van der Waals surface area contributed by atoms with E-state index in [4.69, 9.17) is 21.1 Å². The average Bonchev–Trinajstić information content (AvgIpc) is 3.01. The maximum atomic E-state index is 12.4. The molecule has 2 aliphatic rings. The quantitative estimate of drug-likeness (QED) is 0.841. The Hall–Kier alpha value is -1.10. The number of hydrogen-bond acceptors (Lipinski definition) is 3. The summed E-state index contributed by atoms with van der Waals surface area (Å²) in [4.78, 5) is 14.2. The van der Waals surface area contributed by atoms with Crippen molar-refractivity contribution >= 4 is 17.5 Å². The van der Waals surface area contributed by atoms with Crippen LogP contribution in [0.2, 0.25) is 5.02 Å². The molecule has 0 radical (unpaired) electrons. The maximum Gasteiger partial charge on any atom is 0.251 e. The highest BCUT2D eigenvalue weighted by molar-refractivity contribution is 6.30. The second kappa shape index (κ2) is 6.12. The van der Waals surface area contributed by atoms with Gasteiger partial charge in [0.25, 0.3) is 5.91 Å². The van der Waals surface area contributed by atoms with Crippen LogP contribution in [0.25, 0.3) is 0 Å². The van der Waals surface area contributed by atoms with Gasteiger partial charge in [-0.1, -0.05) is 23.7 Å². The van der Waals surface area contributed by atoms with Crippen LogP contribution in [-0.2, 0) is 14.3 Å². The summed E-state index contributed by atoms with van der Waals surface area (Å²) < 4.78 is 11.2. The van der Waals surface area contributed by atoms with Crippen LogP contribution in [0.4, 0.5) is 0 Å². The first-order valence-electron chi connectivity index (χ1n) is 7.01. The van der Waals surface area contributed by atoms with Crippen molar-refractivity contribution in [2.24, 2.45) is 0 Å². The number of nitrogens with zero attached hydrogens (tertiary/aromatic N) is 1. The first-order valence-corrected chi connectivity index (χ1v) is 7.39. The van der Waals surface area contributed by atoms with Gasteiger partial charge in [-0.3, -0.25) is 4.79 Å². The topological polar surface area (TPSA) is 38.8 Å². The molecule has 0 aromatic heterocycles. The van der Waals surface area contributed by atoms with Gasteiger partial charge in [0.15, 0.2) is 0 Å². The smallest absolute Gasteiger partial charge is 0.251 e. The predicted octanol–water partition coefficient (Wildman–Crippen LogP) is 2.42. The monoisotopic (exact) mass is 295 g/mol. The van der Waals surface area contributed by atoms with Gasteiger partial charge in [-0.05, 0) is 30.5 Å². The molecule has 2 fully saturated rings. The molecule has 2 unspecified atom stereocenters. The van der Waals surface area contributed by atoms with Gasteiger partial charge in [-0.2, -0.15) is 0 Å². The number of benzene rings is 1. The Labute approximate surface area is 123 Å². The number of amides is 1. The fourth-order valence-electron chi connectivity index (χ4n) is 2.70. The number of halogens is 1. The van der Waals surface area contributed by atoms with Crippen molar-refractivity contribution < 1.29 is 14.3 Å².